The zero-order valence-corrected chi connectivity index (χ0v) is 24.5. The normalized spacial score (nSPS) is 12.7. The number of aromatic nitrogens is 3. The topological polar surface area (TPSA) is 104 Å². The van der Waals surface area contributed by atoms with Gasteiger partial charge in [-0.1, -0.05) is 24.3 Å². The summed E-state index contributed by atoms with van der Waals surface area (Å²) in [5.74, 6) is -1.02. The standard InChI is InChI=1S/C33H28F2N4O3S/c1-4-41-29(40)11-8-20-6-5-7-21(16-20)33(2,13-14-36)28-19-38-32(39-28)24-17-22(9-10-25(24)34)42-30-26(35)18-27-23(12-15-37-27)31(30)43-3/h5-12,15-19,37H,4,13H2,1-3H3,(H,38,39)/b11-8+. The average molecular weight is 599 g/mol. The molecule has 0 bridgehead atoms. The fourth-order valence-corrected chi connectivity index (χ4v) is 5.60. The molecule has 43 heavy (non-hydrogen) atoms. The van der Waals surface area contributed by atoms with E-state index in [-0.39, 0.29) is 35.9 Å². The summed E-state index contributed by atoms with van der Waals surface area (Å²) in [5.41, 5.74) is 2.09. The second-order valence-electron chi connectivity index (χ2n) is 9.93. The first-order chi connectivity index (χ1) is 20.8. The molecule has 218 valence electrons. The number of carbonyl (C=O) groups excluding carboxylic acids is 1. The molecule has 2 aromatic heterocycles. The minimum Gasteiger partial charge on any atom is -0.463 e. The molecule has 7 nitrogen and oxygen atoms in total. The van der Waals surface area contributed by atoms with Crippen molar-refractivity contribution in [2.45, 2.75) is 30.6 Å². The Bertz CT molecular complexity index is 1870. The summed E-state index contributed by atoms with van der Waals surface area (Å²) in [6.07, 6.45) is 8.23. The molecule has 0 aliphatic heterocycles. The highest BCUT2D eigenvalue weighted by Gasteiger charge is 2.32. The van der Waals surface area contributed by atoms with Gasteiger partial charge in [0.25, 0.3) is 0 Å². The van der Waals surface area contributed by atoms with Crippen LogP contribution in [0, 0.1) is 23.0 Å². The Balaban J connectivity index is 1.48. The summed E-state index contributed by atoms with van der Waals surface area (Å²) in [7, 11) is 0. The molecule has 0 saturated heterocycles. The van der Waals surface area contributed by atoms with Crippen LogP contribution in [0.4, 0.5) is 8.78 Å². The molecular formula is C33H28F2N4O3S. The largest absolute Gasteiger partial charge is 0.463 e. The van der Waals surface area contributed by atoms with Gasteiger partial charge in [-0.05, 0) is 61.6 Å². The van der Waals surface area contributed by atoms with Crippen molar-refractivity contribution in [1.82, 2.24) is 15.0 Å². The highest BCUT2D eigenvalue weighted by Crippen LogP contribution is 2.41. The number of aromatic amines is 2. The Kier molecular flexibility index (Phi) is 8.64. The van der Waals surface area contributed by atoms with Crippen LogP contribution in [-0.2, 0) is 14.9 Å². The highest BCUT2D eigenvalue weighted by molar-refractivity contribution is 7.99. The minimum atomic E-state index is -0.833. The van der Waals surface area contributed by atoms with Crippen molar-refractivity contribution in [3.05, 3.63) is 102 Å². The van der Waals surface area contributed by atoms with Gasteiger partial charge in [0.2, 0.25) is 0 Å². The lowest BCUT2D eigenvalue weighted by Gasteiger charge is -2.26. The molecule has 0 aliphatic carbocycles. The number of esters is 1. The summed E-state index contributed by atoms with van der Waals surface area (Å²) < 4.78 is 41.1. The number of nitrogens with zero attached hydrogens (tertiary/aromatic N) is 2. The molecule has 1 unspecified atom stereocenters. The lowest BCUT2D eigenvalue weighted by atomic mass is 9.77. The van der Waals surface area contributed by atoms with Gasteiger partial charge >= 0.3 is 5.97 Å². The van der Waals surface area contributed by atoms with Gasteiger partial charge in [-0.2, -0.15) is 5.26 Å². The first-order valence-electron chi connectivity index (χ1n) is 13.5. The Morgan fingerprint density at radius 1 is 1.16 bits per heavy atom. The van der Waals surface area contributed by atoms with E-state index >= 15 is 8.78 Å². The monoisotopic (exact) mass is 598 g/mol. The average Bonchev–Trinajstić information content (AvgIpc) is 3.68. The highest BCUT2D eigenvalue weighted by atomic mass is 32.2. The van der Waals surface area contributed by atoms with Crippen molar-refractivity contribution in [1.29, 1.82) is 5.26 Å². The van der Waals surface area contributed by atoms with Gasteiger partial charge in [0.1, 0.15) is 17.4 Å². The zero-order chi connectivity index (χ0) is 30.6. The molecule has 3 aromatic carbocycles. The number of hydrogen-bond donors (Lipinski definition) is 2. The summed E-state index contributed by atoms with van der Waals surface area (Å²) in [5, 5.41) is 10.5. The maximum absolute atomic E-state index is 15.1. The number of benzene rings is 3. The number of hydrogen-bond acceptors (Lipinski definition) is 6. The molecule has 2 heterocycles. The SMILES string of the molecule is CCOC(=O)/C=C/c1cccc(C(C)(CC#N)c2cnc(-c3cc(Oc4c(F)cc5[nH]ccc5c4SC)ccc3F)[nH]2)c1. The van der Waals surface area contributed by atoms with Crippen molar-refractivity contribution in [3.63, 3.8) is 0 Å². The van der Waals surface area contributed by atoms with Gasteiger partial charge in [-0.3, -0.25) is 0 Å². The molecule has 0 saturated carbocycles. The van der Waals surface area contributed by atoms with Crippen LogP contribution in [-0.4, -0.2) is 33.8 Å². The van der Waals surface area contributed by atoms with Crippen molar-refractivity contribution in [2.24, 2.45) is 0 Å². The minimum absolute atomic E-state index is 0.0516. The Labute approximate surface area is 251 Å². The molecule has 0 radical (unpaired) electrons. The Morgan fingerprint density at radius 2 is 2.00 bits per heavy atom. The van der Waals surface area contributed by atoms with E-state index in [0.29, 0.717) is 16.1 Å². The number of H-pyrrole nitrogens is 2. The zero-order valence-electron chi connectivity index (χ0n) is 23.7. The van der Waals surface area contributed by atoms with Crippen LogP contribution in [0.25, 0.3) is 28.4 Å². The van der Waals surface area contributed by atoms with E-state index in [1.165, 1.54) is 42.1 Å². The number of ether oxygens (including phenoxy) is 2. The number of fused-ring (bicyclic) bond motifs is 1. The van der Waals surface area contributed by atoms with Crippen LogP contribution in [0.3, 0.4) is 0 Å². The van der Waals surface area contributed by atoms with E-state index in [1.54, 1.807) is 25.4 Å². The van der Waals surface area contributed by atoms with Crippen molar-refractivity contribution >= 4 is 34.7 Å². The molecule has 0 amide bonds. The molecule has 0 spiro atoms. The van der Waals surface area contributed by atoms with Crippen LogP contribution < -0.4 is 4.74 Å². The number of thioether (sulfide) groups is 1. The van der Waals surface area contributed by atoms with Crippen molar-refractivity contribution in [3.8, 4) is 29.0 Å². The summed E-state index contributed by atoms with van der Waals surface area (Å²) in [4.78, 5) is 23.0. The van der Waals surface area contributed by atoms with Gasteiger partial charge in [0.15, 0.2) is 11.6 Å². The van der Waals surface area contributed by atoms with Gasteiger partial charge in [0.05, 0.1) is 29.6 Å². The fourth-order valence-electron chi connectivity index (χ4n) is 4.88. The Morgan fingerprint density at radius 3 is 2.77 bits per heavy atom. The van der Waals surface area contributed by atoms with E-state index in [4.69, 9.17) is 9.47 Å². The van der Waals surface area contributed by atoms with Crippen molar-refractivity contribution in [2.75, 3.05) is 12.9 Å². The second-order valence-corrected chi connectivity index (χ2v) is 10.7. The van der Waals surface area contributed by atoms with E-state index in [0.717, 1.165) is 16.5 Å². The van der Waals surface area contributed by atoms with Gasteiger partial charge in [0, 0.05) is 46.5 Å². The maximum atomic E-state index is 15.1. The molecule has 10 heteroatoms. The third-order valence-electron chi connectivity index (χ3n) is 7.16. The fraction of sp³-hybridized carbons (Fsp3) is 0.182. The summed E-state index contributed by atoms with van der Waals surface area (Å²) >= 11 is 1.35. The number of rotatable bonds is 10. The van der Waals surface area contributed by atoms with E-state index in [9.17, 15) is 10.1 Å². The molecular weight excluding hydrogens is 570 g/mol. The molecule has 1 atom stereocenters. The predicted octanol–water partition coefficient (Wildman–Crippen LogP) is 8.15. The summed E-state index contributed by atoms with van der Waals surface area (Å²) in [6.45, 7) is 3.90. The molecule has 5 rings (SSSR count). The van der Waals surface area contributed by atoms with E-state index < -0.39 is 23.0 Å². The first kappa shape index (κ1) is 29.6. The van der Waals surface area contributed by atoms with E-state index in [1.807, 2.05) is 43.5 Å². The molecule has 0 aliphatic rings. The predicted molar refractivity (Wildman–Crippen MR) is 163 cm³/mol. The Hall–Kier alpha value is -4.88. The number of imidazole rings is 1. The second kappa shape index (κ2) is 12.5. The van der Waals surface area contributed by atoms with E-state index in [2.05, 4.69) is 21.0 Å². The van der Waals surface area contributed by atoms with Crippen LogP contribution in [0.5, 0.6) is 11.5 Å². The third-order valence-corrected chi connectivity index (χ3v) is 7.97. The van der Waals surface area contributed by atoms with Crippen LogP contribution >= 0.6 is 11.8 Å². The van der Waals surface area contributed by atoms with Crippen LogP contribution in [0.1, 0.15) is 37.1 Å². The quantitative estimate of drug-likeness (QED) is 0.0955. The molecule has 2 N–H and O–H groups in total. The lowest BCUT2D eigenvalue weighted by molar-refractivity contribution is -0.137. The number of nitriles is 1. The molecule has 5 aromatic rings. The number of halogens is 2. The molecule has 0 fully saturated rings. The smallest absolute Gasteiger partial charge is 0.330 e. The van der Waals surface area contributed by atoms with Gasteiger partial charge in [-0.15, -0.1) is 11.8 Å². The van der Waals surface area contributed by atoms with Gasteiger partial charge < -0.3 is 19.4 Å². The van der Waals surface area contributed by atoms with Crippen LogP contribution in [0.2, 0.25) is 0 Å². The maximum Gasteiger partial charge on any atom is 0.330 e. The van der Waals surface area contributed by atoms with Gasteiger partial charge in [-0.25, -0.2) is 18.6 Å². The van der Waals surface area contributed by atoms with Crippen LogP contribution in [0.15, 0.2) is 78.0 Å². The van der Waals surface area contributed by atoms with Crippen molar-refractivity contribution < 1.29 is 23.0 Å². The number of nitrogens with one attached hydrogen (secondary N) is 2. The lowest BCUT2D eigenvalue weighted by Crippen LogP contribution is -2.23. The number of carbonyl (C=O) groups is 1. The summed E-state index contributed by atoms with van der Waals surface area (Å²) in [6, 6.07) is 17.0. The first-order valence-corrected chi connectivity index (χ1v) is 14.7. The third kappa shape index (κ3) is 6.03.